The van der Waals surface area contributed by atoms with E-state index in [4.69, 9.17) is 14.4 Å². The molecule has 0 bridgehead atoms. The number of carbonyl (C=O) groups excluding carboxylic acids is 2. The highest BCUT2D eigenvalue weighted by molar-refractivity contribution is 6.01. The van der Waals surface area contributed by atoms with Crippen molar-refractivity contribution in [1.29, 1.82) is 0 Å². The molecule has 1 aliphatic heterocycles. The van der Waals surface area contributed by atoms with Gasteiger partial charge in [-0.1, -0.05) is 30.7 Å². The Morgan fingerprint density at radius 1 is 1.09 bits per heavy atom. The monoisotopic (exact) mass is 463 g/mol. The van der Waals surface area contributed by atoms with Crippen molar-refractivity contribution < 1.29 is 24.0 Å². The number of hydrogen-bond acceptors (Lipinski definition) is 6. The lowest BCUT2D eigenvalue weighted by molar-refractivity contribution is -0.114. The zero-order valence-corrected chi connectivity index (χ0v) is 19.0. The quantitative estimate of drug-likeness (QED) is 0.283. The zero-order chi connectivity index (χ0) is 23.8. The minimum absolute atomic E-state index is 0.172. The Morgan fingerprint density at radius 2 is 1.85 bits per heavy atom. The van der Waals surface area contributed by atoms with Crippen molar-refractivity contribution >= 4 is 28.7 Å². The highest BCUT2D eigenvalue weighted by atomic mass is 16.5. The van der Waals surface area contributed by atoms with Gasteiger partial charge in [-0.15, -0.1) is 0 Å². The minimum Gasteiger partial charge on any atom is -0.492 e. The number of fused-ring (bicyclic) bond motifs is 1. The number of hydrogen-bond donors (Lipinski definition) is 2. The first kappa shape index (κ1) is 23.5. The molecule has 4 rings (SSSR count). The maximum atomic E-state index is 13.1. The van der Waals surface area contributed by atoms with Gasteiger partial charge in [0.2, 0.25) is 5.88 Å². The summed E-state index contributed by atoms with van der Waals surface area (Å²) < 4.78 is 11.7. The summed E-state index contributed by atoms with van der Waals surface area (Å²) in [5.74, 6) is 0.249. The Balaban J connectivity index is 1.42. The lowest BCUT2D eigenvalue weighted by Crippen LogP contribution is -2.33. The first-order valence-corrected chi connectivity index (χ1v) is 11.5. The van der Waals surface area contributed by atoms with Crippen molar-refractivity contribution in [3.63, 3.8) is 0 Å². The van der Waals surface area contributed by atoms with Crippen LogP contribution in [0.15, 0.2) is 71.2 Å². The predicted octanol–water partition coefficient (Wildman–Crippen LogP) is 4.01. The molecule has 8 nitrogen and oxygen atoms in total. The van der Waals surface area contributed by atoms with Crippen LogP contribution in [0.4, 0.5) is 5.88 Å². The Kier molecular flexibility index (Phi) is 7.95. The van der Waals surface area contributed by atoms with E-state index >= 15 is 0 Å². The van der Waals surface area contributed by atoms with E-state index in [0.717, 1.165) is 25.0 Å². The highest BCUT2D eigenvalue weighted by Gasteiger charge is 2.18. The summed E-state index contributed by atoms with van der Waals surface area (Å²) in [5.41, 5.74) is 2.62. The van der Waals surface area contributed by atoms with Gasteiger partial charge in [0.05, 0.1) is 6.54 Å². The van der Waals surface area contributed by atoms with E-state index in [1.54, 1.807) is 40.7 Å². The predicted molar refractivity (Wildman–Crippen MR) is 129 cm³/mol. The maximum Gasteiger partial charge on any atom is 0.274 e. The molecule has 2 heterocycles. The van der Waals surface area contributed by atoms with Crippen LogP contribution in [0.25, 0.3) is 11.0 Å². The SMILES string of the molecule is O=C(NO)c1ccc(OCCN(C(=O)/C=C/CN2CCCCC2)c2cc3ccccc3o2)cc1. The molecule has 2 N–H and O–H groups in total. The van der Waals surface area contributed by atoms with E-state index in [9.17, 15) is 9.59 Å². The van der Waals surface area contributed by atoms with Crippen molar-refractivity contribution in [2.24, 2.45) is 0 Å². The van der Waals surface area contributed by atoms with Crippen LogP contribution in [0.5, 0.6) is 5.75 Å². The van der Waals surface area contributed by atoms with E-state index in [-0.39, 0.29) is 19.1 Å². The maximum absolute atomic E-state index is 13.1. The molecule has 0 aliphatic carbocycles. The number of nitrogens with zero attached hydrogens (tertiary/aromatic N) is 2. The Labute approximate surface area is 198 Å². The molecule has 1 fully saturated rings. The van der Waals surface area contributed by atoms with Gasteiger partial charge in [-0.2, -0.15) is 0 Å². The molecule has 1 saturated heterocycles. The van der Waals surface area contributed by atoms with Crippen molar-refractivity contribution in [1.82, 2.24) is 10.4 Å². The highest BCUT2D eigenvalue weighted by Crippen LogP contribution is 2.26. The van der Waals surface area contributed by atoms with Gasteiger partial charge >= 0.3 is 0 Å². The van der Waals surface area contributed by atoms with Crippen molar-refractivity contribution in [3.8, 4) is 5.75 Å². The lowest BCUT2D eigenvalue weighted by atomic mass is 10.1. The summed E-state index contributed by atoms with van der Waals surface area (Å²) >= 11 is 0. The summed E-state index contributed by atoms with van der Waals surface area (Å²) in [4.78, 5) is 28.5. The summed E-state index contributed by atoms with van der Waals surface area (Å²) in [6.07, 6.45) is 7.20. The Hall–Kier alpha value is -3.62. The fourth-order valence-electron chi connectivity index (χ4n) is 3.99. The molecular weight excluding hydrogens is 434 g/mol. The average Bonchev–Trinajstić information content (AvgIpc) is 3.31. The molecular formula is C26H29N3O5. The summed E-state index contributed by atoms with van der Waals surface area (Å²) in [6.45, 7) is 3.40. The third-order valence-electron chi connectivity index (χ3n) is 5.82. The fraction of sp³-hybridized carbons (Fsp3) is 0.308. The number of benzene rings is 2. The van der Waals surface area contributed by atoms with Gasteiger partial charge in [-0.3, -0.25) is 24.6 Å². The smallest absolute Gasteiger partial charge is 0.274 e. The Bertz CT molecular complexity index is 1100. The van der Waals surface area contributed by atoms with E-state index < -0.39 is 5.91 Å². The largest absolute Gasteiger partial charge is 0.492 e. The molecule has 0 saturated carbocycles. The van der Waals surface area contributed by atoms with E-state index in [1.807, 2.05) is 36.4 Å². The van der Waals surface area contributed by atoms with E-state index in [2.05, 4.69) is 4.90 Å². The zero-order valence-electron chi connectivity index (χ0n) is 19.0. The second-order valence-corrected chi connectivity index (χ2v) is 8.19. The average molecular weight is 464 g/mol. The van der Waals surface area contributed by atoms with Gasteiger partial charge in [-0.05, 0) is 56.3 Å². The number of amides is 2. The number of ether oxygens (including phenoxy) is 1. The molecule has 0 atom stereocenters. The number of furan rings is 1. The molecule has 8 heteroatoms. The van der Waals surface area contributed by atoms with Gasteiger partial charge in [-0.25, -0.2) is 5.48 Å². The van der Waals surface area contributed by atoms with Crippen LogP contribution < -0.4 is 15.1 Å². The Morgan fingerprint density at radius 3 is 2.59 bits per heavy atom. The van der Waals surface area contributed by atoms with Crippen LogP contribution in [0.1, 0.15) is 29.6 Å². The van der Waals surface area contributed by atoms with E-state index in [0.29, 0.717) is 22.8 Å². The van der Waals surface area contributed by atoms with Gasteiger partial charge in [0.1, 0.15) is 17.9 Å². The summed E-state index contributed by atoms with van der Waals surface area (Å²) in [6, 6.07) is 15.9. The third kappa shape index (κ3) is 6.03. The standard InChI is InChI=1S/C26H29N3O5/c30-24(9-6-16-28-14-4-1-5-15-28)29(25-19-21-7-2-3-8-23(21)34-25)17-18-33-22-12-10-20(11-13-22)26(31)27-32/h2-3,6-13,19,32H,1,4-5,14-18H2,(H,27,31)/b9-6+. The molecule has 1 aromatic heterocycles. The molecule has 3 aromatic rings. The van der Waals surface area contributed by atoms with Crippen molar-refractivity contribution in [2.45, 2.75) is 19.3 Å². The molecule has 2 amide bonds. The van der Waals surface area contributed by atoms with Crippen molar-refractivity contribution in [2.75, 3.05) is 37.7 Å². The number of likely N-dealkylation sites (tertiary alicyclic amines) is 1. The van der Waals surface area contributed by atoms with Gasteiger partial charge < -0.3 is 9.15 Å². The first-order chi connectivity index (χ1) is 16.6. The van der Waals surface area contributed by atoms with Gasteiger partial charge in [0.15, 0.2) is 0 Å². The molecule has 0 unspecified atom stereocenters. The molecule has 178 valence electrons. The second kappa shape index (κ2) is 11.5. The number of rotatable bonds is 9. The molecule has 0 spiro atoms. The van der Waals surface area contributed by atoms with Crippen molar-refractivity contribution in [3.05, 3.63) is 72.3 Å². The lowest BCUT2D eigenvalue weighted by Gasteiger charge is -2.25. The number of anilines is 1. The van der Waals surface area contributed by atoms with Crippen LogP contribution in [0.2, 0.25) is 0 Å². The van der Waals surface area contributed by atoms with Gasteiger partial charge in [0.25, 0.3) is 11.8 Å². The molecule has 34 heavy (non-hydrogen) atoms. The number of carbonyl (C=O) groups is 2. The fourth-order valence-corrected chi connectivity index (χ4v) is 3.99. The van der Waals surface area contributed by atoms with Crippen LogP contribution in [0.3, 0.4) is 0 Å². The van der Waals surface area contributed by atoms with E-state index in [1.165, 1.54) is 19.3 Å². The minimum atomic E-state index is -0.593. The second-order valence-electron chi connectivity index (χ2n) is 8.19. The van der Waals surface area contributed by atoms with Crippen LogP contribution in [0, 0.1) is 0 Å². The number of nitrogens with one attached hydrogen (secondary N) is 1. The molecule has 0 radical (unpaired) electrons. The normalized spacial score (nSPS) is 14.4. The third-order valence-corrected chi connectivity index (χ3v) is 5.82. The van der Waals surface area contributed by atoms with Gasteiger partial charge in [0, 0.05) is 29.6 Å². The first-order valence-electron chi connectivity index (χ1n) is 11.5. The van der Waals surface area contributed by atoms with Crippen LogP contribution in [-0.4, -0.2) is 54.7 Å². The number of para-hydroxylation sites is 1. The summed E-state index contributed by atoms with van der Waals surface area (Å²) in [5, 5.41) is 9.65. The summed E-state index contributed by atoms with van der Waals surface area (Å²) in [7, 11) is 0. The topological polar surface area (TPSA) is 95.2 Å². The molecule has 1 aliphatic rings. The number of hydroxylamine groups is 1. The number of piperidine rings is 1. The van der Waals surface area contributed by atoms with Crippen LogP contribution in [-0.2, 0) is 4.79 Å². The van der Waals surface area contributed by atoms with Crippen LogP contribution >= 0.6 is 0 Å². The molecule has 2 aromatic carbocycles.